The normalized spacial score (nSPS) is 15.4. The fourth-order valence-electron chi connectivity index (χ4n) is 3.86. The van der Waals surface area contributed by atoms with Crippen molar-refractivity contribution in [1.82, 2.24) is 14.5 Å². The van der Waals surface area contributed by atoms with E-state index in [0.717, 1.165) is 51.3 Å². The van der Waals surface area contributed by atoms with Gasteiger partial charge in [-0.3, -0.25) is 4.48 Å². The number of methoxy groups -OCH3 is 1. The molecule has 0 unspecified atom stereocenters. The van der Waals surface area contributed by atoms with E-state index in [9.17, 15) is 0 Å². The zero-order chi connectivity index (χ0) is 18.9. The summed E-state index contributed by atoms with van der Waals surface area (Å²) in [6.07, 6.45) is 9.55. The van der Waals surface area contributed by atoms with E-state index in [4.69, 9.17) is 11.2 Å². The summed E-state index contributed by atoms with van der Waals surface area (Å²) in [7, 11) is 3.99. The van der Waals surface area contributed by atoms with Gasteiger partial charge in [0.1, 0.15) is 12.1 Å². The van der Waals surface area contributed by atoms with E-state index < -0.39 is 0 Å². The second-order valence-electron chi connectivity index (χ2n) is 7.16. The summed E-state index contributed by atoms with van der Waals surface area (Å²) < 4.78 is 6.58. The number of rotatable bonds is 4. The van der Waals surface area contributed by atoms with Crippen LogP contribution in [0.25, 0.3) is 10.9 Å². The molecule has 4 rings (SSSR count). The van der Waals surface area contributed by atoms with Gasteiger partial charge in [0.05, 0.1) is 32.8 Å². The number of nitrogens with one attached hydrogen (secondary N) is 1. The summed E-state index contributed by atoms with van der Waals surface area (Å²) in [5.41, 5.74) is 3.77. The number of anilines is 2. The highest BCUT2D eigenvalue weighted by Gasteiger charge is 2.33. The molecule has 2 heterocycles. The molecule has 1 aliphatic rings. The molecule has 0 atom stereocenters. The lowest BCUT2D eigenvalue weighted by molar-refractivity contribution is 0.364. The van der Waals surface area contributed by atoms with Crippen LogP contribution < -0.4 is 14.5 Å². The average molecular weight is 359 g/mol. The molecule has 3 aromatic rings. The molecule has 2 aromatic carbocycles. The molecule has 0 bridgehead atoms. The quantitative estimate of drug-likeness (QED) is 0.563. The second kappa shape index (κ2) is 6.90. The molecule has 0 radical (unpaired) electrons. The molecule has 0 aliphatic carbocycles. The molecule has 27 heavy (non-hydrogen) atoms. The standard InChI is InChI=1S/C22H23N4O/c1-4-16-8-7-9-17(12-16)25-22-18-13-20(26(2)10-5-6-11-26)21(27-3)14-19(18)23-15-24-22/h1,7-9,12-15H,5-6,10-11H2,2-3H3,(H,23,24,25)/q+1. The highest BCUT2D eigenvalue weighted by Crippen LogP contribution is 2.40. The van der Waals surface area contributed by atoms with Crippen LogP contribution in [0, 0.1) is 12.3 Å². The van der Waals surface area contributed by atoms with Gasteiger partial charge in [-0.2, -0.15) is 0 Å². The Labute approximate surface area is 159 Å². The van der Waals surface area contributed by atoms with E-state index in [0.29, 0.717) is 0 Å². The van der Waals surface area contributed by atoms with Gasteiger partial charge in [0.25, 0.3) is 0 Å². The number of nitrogens with zero attached hydrogens (tertiary/aromatic N) is 3. The molecule has 5 heteroatoms. The van der Waals surface area contributed by atoms with Gasteiger partial charge in [0.15, 0.2) is 11.4 Å². The number of benzene rings is 2. The van der Waals surface area contributed by atoms with Gasteiger partial charge in [-0.1, -0.05) is 12.0 Å². The molecule has 1 saturated heterocycles. The van der Waals surface area contributed by atoms with E-state index in [1.165, 1.54) is 18.5 Å². The summed E-state index contributed by atoms with van der Waals surface area (Å²) in [6, 6.07) is 11.9. The first kappa shape index (κ1) is 17.3. The van der Waals surface area contributed by atoms with Crippen LogP contribution >= 0.6 is 0 Å². The molecule has 0 spiro atoms. The molecular formula is C22H23N4O+. The Morgan fingerprint density at radius 3 is 2.70 bits per heavy atom. The maximum Gasteiger partial charge on any atom is 0.181 e. The third-order valence-electron chi connectivity index (χ3n) is 5.36. The second-order valence-corrected chi connectivity index (χ2v) is 7.16. The lowest BCUT2D eigenvalue weighted by Gasteiger charge is -2.30. The van der Waals surface area contributed by atoms with Crippen molar-refractivity contribution in [1.29, 1.82) is 0 Å². The number of likely N-dealkylation sites (tertiary alicyclic amines) is 1. The molecule has 1 aliphatic heterocycles. The predicted octanol–water partition coefficient (Wildman–Crippen LogP) is 4.09. The van der Waals surface area contributed by atoms with Crippen LogP contribution in [0.2, 0.25) is 0 Å². The Morgan fingerprint density at radius 1 is 1.15 bits per heavy atom. The first-order valence-electron chi connectivity index (χ1n) is 9.14. The van der Waals surface area contributed by atoms with Crippen molar-refractivity contribution in [3.05, 3.63) is 48.3 Å². The van der Waals surface area contributed by atoms with Gasteiger partial charge in [-0.15, -0.1) is 6.42 Å². The molecule has 1 aromatic heterocycles. The van der Waals surface area contributed by atoms with Gasteiger partial charge in [-0.05, 0) is 18.2 Å². The number of fused-ring (bicyclic) bond motifs is 1. The smallest absolute Gasteiger partial charge is 0.181 e. The van der Waals surface area contributed by atoms with E-state index in [2.05, 4.69) is 34.3 Å². The minimum absolute atomic E-state index is 0.767. The maximum atomic E-state index is 5.70. The Balaban J connectivity index is 1.83. The van der Waals surface area contributed by atoms with E-state index >= 15 is 0 Å². The van der Waals surface area contributed by atoms with Crippen LogP contribution in [0.5, 0.6) is 5.75 Å². The molecular weight excluding hydrogens is 336 g/mol. The molecule has 1 N–H and O–H groups in total. The topological polar surface area (TPSA) is 47.0 Å². The van der Waals surface area contributed by atoms with Gasteiger partial charge < -0.3 is 10.1 Å². The van der Waals surface area contributed by atoms with Crippen molar-refractivity contribution in [3.63, 3.8) is 0 Å². The number of quaternary nitrogens is 1. The maximum absolute atomic E-state index is 5.70. The summed E-state index contributed by atoms with van der Waals surface area (Å²) in [5, 5.41) is 4.37. The summed E-state index contributed by atoms with van der Waals surface area (Å²) in [5.74, 6) is 4.31. The van der Waals surface area contributed by atoms with Crippen molar-refractivity contribution in [3.8, 4) is 18.1 Å². The number of aromatic nitrogens is 2. The van der Waals surface area contributed by atoms with Crippen molar-refractivity contribution in [2.24, 2.45) is 0 Å². The Bertz CT molecular complexity index is 1030. The predicted molar refractivity (Wildman–Crippen MR) is 110 cm³/mol. The van der Waals surface area contributed by atoms with Crippen LogP contribution in [0.1, 0.15) is 18.4 Å². The summed E-state index contributed by atoms with van der Waals surface area (Å²) in [6.45, 7) is 2.23. The zero-order valence-corrected chi connectivity index (χ0v) is 15.7. The Kier molecular flexibility index (Phi) is 4.43. The largest absolute Gasteiger partial charge is 0.491 e. The van der Waals surface area contributed by atoms with Gasteiger partial charge >= 0.3 is 0 Å². The highest BCUT2D eigenvalue weighted by atomic mass is 16.5. The highest BCUT2D eigenvalue weighted by molar-refractivity contribution is 5.94. The summed E-state index contributed by atoms with van der Waals surface area (Å²) >= 11 is 0. The minimum Gasteiger partial charge on any atom is -0.491 e. The number of terminal acetylenes is 1. The summed E-state index contributed by atoms with van der Waals surface area (Å²) in [4.78, 5) is 8.93. The zero-order valence-electron chi connectivity index (χ0n) is 15.7. The molecule has 0 saturated carbocycles. The number of ether oxygens (including phenoxy) is 1. The van der Waals surface area contributed by atoms with Crippen molar-refractivity contribution in [2.45, 2.75) is 12.8 Å². The number of hydrogen-bond donors (Lipinski definition) is 1. The van der Waals surface area contributed by atoms with E-state index in [-0.39, 0.29) is 0 Å². The van der Waals surface area contributed by atoms with Crippen molar-refractivity contribution < 1.29 is 4.74 Å². The van der Waals surface area contributed by atoms with Crippen LogP contribution in [-0.2, 0) is 0 Å². The molecule has 1 fully saturated rings. The third kappa shape index (κ3) is 3.20. The Morgan fingerprint density at radius 2 is 1.96 bits per heavy atom. The van der Waals surface area contributed by atoms with E-state index in [1.54, 1.807) is 13.4 Å². The third-order valence-corrected chi connectivity index (χ3v) is 5.36. The van der Waals surface area contributed by atoms with Crippen LogP contribution in [0.15, 0.2) is 42.7 Å². The molecule has 5 nitrogen and oxygen atoms in total. The fraction of sp³-hybridized carbons (Fsp3) is 0.273. The van der Waals surface area contributed by atoms with Crippen LogP contribution in [0.4, 0.5) is 17.2 Å². The van der Waals surface area contributed by atoms with Crippen LogP contribution in [-0.4, -0.2) is 37.2 Å². The number of hydrogen-bond acceptors (Lipinski definition) is 4. The van der Waals surface area contributed by atoms with Gasteiger partial charge in [0, 0.05) is 41.6 Å². The fourth-order valence-corrected chi connectivity index (χ4v) is 3.86. The lowest BCUT2D eigenvalue weighted by atomic mass is 10.1. The van der Waals surface area contributed by atoms with Crippen molar-refractivity contribution in [2.75, 3.05) is 32.6 Å². The van der Waals surface area contributed by atoms with E-state index in [1.807, 2.05) is 30.3 Å². The SMILES string of the molecule is C#Cc1cccc(Nc2ncnc3cc(OC)c([N+]4(C)CCCC4)cc23)c1. The Hall–Kier alpha value is -3.10. The minimum atomic E-state index is 0.767. The molecule has 0 amide bonds. The van der Waals surface area contributed by atoms with Gasteiger partial charge in [-0.25, -0.2) is 9.97 Å². The first-order chi connectivity index (χ1) is 13.1. The molecule has 136 valence electrons. The van der Waals surface area contributed by atoms with Crippen LogP contribution in [0.3, 0.4) is 0 Å². The first-order valence-corrected chi connectivity index (χ1v) is 9.14. The van der Waals surface area contributed by atoms with Gasteiger partial charge in [0.2, 0.25) is 0 Å². The average Bonchev–Trinajstić information content (AvgIpc) is 3.15. The van der Waals surface area contributed by atoms with Crippen molar-refractivity contribution >= 4 is 28.1 Å². The lowest BCUT2D eigenvalue weighted by Crippen LogP contribution is -2.41. The monoisotopic (exact) mass is 359 g/mol.